The Morgan fingerprint density at radius 3 is 2.50 bits per heavy atom. The summed E-state index contributed by atoms with van der Waals surface area (Å²) >= 11 is 11.8. The Balaban J connectivity index is 1.49. The Labute approximate surface area is 171 Å². The SMILES string of the molecule is O=C(COc1ccc2c3c(c(=O)oc2c1)CCCC3)Nc1cc(Cl)cc(Cl)c1. The van der Waals surface area contributed by atoms with Gasteiger partial charge in [0.25, 0.3) is 5.91 Å². The molecule has 4 rings (SSSR count). The van der Waals surface area contributed by atoms with Crippen molar-refractivity contribution in [2.75, 3.05) is 11.9 Å². The van der Waals surface area contributed by atoms with E-state index in [0.717, 1.165) is 42.2 Å². The van der Waals surface area contributed by atoms with Gasteiger partial charge >= 0.3 is 5.63 Å². The van der Waals surface area contributed by atoms with Gasteiger partial charge in [0.15, 0.2) is 6.61 Å². The van der Waals surface area contributed by atoms with Gasteiger partial charge in [-0.15, -0.1) is 0 Å². The number of ether oxygens (including phenoxy) is 1. The van der Waals surface area contributed by atoms with Crippen molar-refractivity contribution in [1.29, 1.82) is 0 Å². The van der Waals surface area contributed by atoms with E-state index in [0.29, 0.717) is 27.1 Å². The average molecular weight is 418 g/mol. The molecule has 0 radical (unpaired) electrons. The second-order valence-corrected chi connectivity index (χ2v) is 7.58. The van der Waals surface area contributed by atoms with Crippen LogP contribution in [0.15, 0.2) is 45.6 Å². The van der Waals surface area contributed by atoms with Gasteiger partial charge in [0.05, 0.1) is 0 Å². The normalized spacial score (nSPS) is 13.2. The predicted octanol–water partition coefficient (Wildman–Crippen LogP) is 5.00. The molecule has 3 aromatic rings. The molecule has 2 aromatic carbocycles. The smallest absolute Gasteiger partial charge is 0.339 e. The molecule has 1 N–H and O–H groups in total. The molecule has 1 aliphatic carbocycles. The highest BCUT2D eigenvalue weighted by molar-refractivity contribution is 6.35. The van der Waals surface area contributed by atoms with Crippen LogP contribution < -0.4 is 15.7 Å². The lowest BCUT2D eigenvalue weighted by Crippen LogP contribution is -2.20. The molecule has 1 amide bonds. The number of hydrogen-bond acceptors (Lipinski definition) is 4. The second kappa shape index (κ2) is 7.86. The maximum Gasteiger partial charge on any atom is 0.339 e. The number of rotatable bonds is 4. The summed E-state index contributed by atoms with van der Waals surface area (Å²) < 4.78 is 11.0. The van der Waals surface area contributed by atoms with Gasteiger partial charge in [-0.2, -0.15) is 0 Å². The van der Waals surface area contributed by atoms with Crippen molar-refractivity contribution in [1.82, 2.24) is 0 Å². The number of aryl methyl sites for hydroxylation is 1. The van der Waals surface area contributed by atoms with Crippen LogP contribution >= 0.6 is 23.2 Å². The minimum atomic E-state index is -0.356. The zero-order valence-electron chi connectivity index (χ0n) is 14.9. The molecule has 0 spiro atoms. The largest absolute Gasteiger partial charge is 0.484 e. The fourth-order valence-electron chi connectivity index (χ4n) is 3.49. The zero-order chi connectivity index (χ0) is 19.7. The van der Waals surface area contributed by atoms with Gasteiger partial charge in [-0.1, -0.05) is 23.2 Å². The van der Waals surface area contributed by atoms with Gasteiger partial charge < -0.3 is 14.5 Å². The molecular formula is C21H17Cl2NO4. The van der Waals surface area contributed by atoms with E-state index in [1.807, 2.05) is 6.07 Å². The van der Waals surface area contributed by atoms with Crippen molar-refractivity contribution >= 4 is 45.8 Å². The summed E-state index contributed by atoms with van der Waals surface area (Å²) in [6, 6.07) is 10.1. The Morgan fingerprint density at radius 2 is 1.75 bits per heavy atom. The summed E-state index contributed by atoms with van der Waals surface area (Å²) in [6.45, 7) is -0.204. The third kappa shape index (κ3) is 4.01. The lowest BCUT2D eigenvalue weighted by Gasteiger charge is -2.16. The minimum absolute atomic E-state index is 0.204. The number of nitrogens with one attached hydrogen (secondary N) is 1. The van der Waals surface area contributed by atoms with Crippen LogP contribution in [0, 0.1) is 0 Å². The van der Waals surface area contributed by atoms with Gasteiger partial charge in [0.2, 0.25) is 0 Å². The standard InChI is InChI=1S/C21H17Cl2NO4/c22-12-7-13(23)9-14(8-12)24-20(25)11-27-15-5-6-17-16-3-1-2-4-18(16)21(26)28-19(17)10-15/h5-10H,1-4,11H2,(H,24,25). The summed E-state index contributed by atoms with van der Waals surface area (Å²) in [5, 5.41) is 4.46. The maximum absolute atomic E-state index is 12.2. The Morgan fingerprint density at radius 1 is 1.04 bits per heavy atom. The van der Waals surface area contributed by atoms with Crippen LogP contribution in [0.1, 0.15) is 24.0 Å². The fraction of sp³-hybridized carbons (Fsp3) is 0.238. The van der Waals surface area contributed by atoms with Crippen LogP contribution in [-0.4, -0.2) is 12.5 Å². The molecule has 0 unspecified atom stereocenters. The van der Waals surface area contributed by atoms with E-state index in [1.54, 1.807) is 30.3 Å². The average Bonchev–Trinajstić information content (AvgIpc) is 2.65. The topological polar surface area (TPSA) is 68.5 Å². The lowest BCUT2D eigenvalue weighted by atomic mass is 9.91. The van der Waals surface area contributed by atoms with E-state index >= 15 is 0 Å². The van der Waals surface area contributed by atoms with Gasteiger partial charge in [-0.25, -0.2) is 4.79 Å². The van der Waals surface area contributed by atoms with Crippen molar-refractivity contribution in [3.05, 3.63) is 68.0 Å². The van der Waals surface area contributed by atoms with E-state index in [1.165, 1.54) is 0 Å². The third-order valence-electron chi connectivity index (χ3n) is 4.71. The first-order valence-corrected chi connectivity index (χ1v) is 9.72. The zero-order valence-corrected chi connectivity index (χ0v) is 16.4. The molecule has 0 saturated carbocycles. The number of halogens is 2. The Hall–Kier alpha value is -2.50. The van der Waals surface area contributed by atoms with Gasteiger partial charge in [0.1, 0.15) is 11.3 Å². The predicted molar refractivity (Wildman–Crippen MR) is 110 cm³/mol. The monoisotopic (exact) mass is 417 g/mol. The molecule has 0 saturated heterocycles. The second-order valence-electron chi connectivity index (χ2n) is 6.71. The number of amides is 1. The highest BCUT2D eigenvalue weighted by atomic mass is 35.5. The Bertz CT molecular complexity index is 1100. The highest BCUT2D eigenvalue weighted by Gasteiger charge is 2.18. The molecule has 0 fully saturated rings. The summed E-state index contributed by atoms with van der Waals surface area (Å²) in [5.41, 5.74) is 2.54. The van der Waals surface area contributed by atoms with Crippen LogP contribution in [0.3, 0.4) is 0 Å². The van der Waals surface area contributed by atoms with Crippen molar-refractivity contribution in [3.63, 3.8) is 0 Å². The summed E-state index contributed by atoms with van der Waals surface area (Å²) in [4.78, 5) is 24.3. The van der Waals surface area contributed by atoms with E-state index < -0.39 is 0 Å². The van der Waals surface area contributed by atoms with Crippen molar-refractivity contribution < 1.29 is 13.9 Å². The number of anilines is 1. The summed E-state index contributed by atoms with van der Waals surface area (Å²) in [5.74, 6) is 0.0935. The summed E-state index contributed by atoms with van der Waals surface area (Å²) in [7, 11) is 0. The van der Waals surface area contributed by atoms with E-state index in [9.17, 15) is 9.59 Å². The summed E-state index contributed by atoms with van der Waals surface area (Å²) in [6.07, 6.45) is 3.72. The molecular weight excluding hydrogens is 401 g/mol. The van der Waals surface area contributed by atoms with Gasteiger partial charge in [-0.3, -0.25) is 4.79 Å². The first-order chi connectivity index (χ1) is 13.5. The van der Waals surface area contributed by atoms with E-state index in [2.05, 4.69) is 5.32 Å². The van der Waals surface area contributed by atoms with Crippen LogP contribution in [0.25, 0.3) is 11.0 Å². The highest BCUT2D eigenvalue weighted by Crippen LogP contribution is 2.29. The van der Waals surface area contributed by atoms with Gasteiger partial charge in [0, 0.05) is 32.7 Å². The molecule has 28 heavy (non-hydrogen) atoms. The quantitative estimate of drug-likeness (QED) is 0.606. The number of fused-ring (bicyclic) bond motifs is 3. The molecule has 0 aliphatic heterocycles. The molecule has 5 nitrogen and oxygen atoms in total. The molecule has 0 atom stereocenters. The molecule has 0 bridgehead atoms. The third-order valence-corrected chi connectivity index (χ3v) is 5.15. The van der Waals surface area contributed by atoms with Crippen LogP contribution in [-0.2, 0) is 17.6 Å². The number of carbonyl (C=O) groups is 1. The maximum atomic E-state index is 12.2. The van der Waals surface area contributed by atoms with E-state index in [4.69, 9.17) is 32.4 Å². The number of benzene rings is 2. The molecule has 7 heteroatoms. The van der Waals surface area contributed by atoms with E-state index in [-0.39, 0.29) is 18.1 Å². The number of carbonyl (C=O) groups excluding carboxylic acids is 1. The van der Waals surface area contributed by atoms with Crippen LogP contribution in [0.2, 0.25) is 10.0 Å². The van der Waals surface area contributed by atoms with Crippen LogP contribution in [0.4, 0.5) is 5.69 Å². The Kier molecular flexibility index (Phi) is 5.29. The van der Waals surface area contributed by atoms with Crippen molar-refractivity contribution in [3.8, 4) is 5.75 Å². The van der Waals surface area contributed by atoms with Crippen molar-refractivity contribution in [2.45, 2.75) is 25.7 Å². The minimum Gasteiger partial charge on any atom is -0.484 e. The first kappa shape index (κ1) is 18.8. The van der Waals surface area contributed by atoms with Crippen molar-refractivity contribution in [2.24, 2.45) is 0 Å². The van der Waals surface area contributed by atoms with Gasteiger partial charge in [-0.05, 0) is 61.6 Å². The first-order valence-electron chi connectivity index (χ1n) is 8.97. The number of hydrogen-bond donors (Lipinski definition) is 1. The molecule has 1 heterocycles. The molecule has 1 aliphatic rings. The molecule has 144 valence electrons. The van der Waals surface area contributed by atoms with Crippen LogP contribution in [0.5, 0.6) is 5.75 Å². The molecule has 1 aromatic heterocycles. The lowest BCUT2D eigenvalue weighted by molar-refractivity contribution is -0.118. The fourth-order valence-corrected chi connectivity index (χ4v) is 4.01.